The Morgan fingerprint density at radius 3 is 2.87 bits per heavy atom. The lowest BCUT2D eigenvalue weighted by molar-refractivity contribution is -0.120. The lowest BCUT2D eigenvalue weighted by atomic mass is 10.2. The molecule has 0 spiro atoms. The van der Waals surface area contributed by atoms with Crippen LogP contribution in [-0.2, 0) is 9.59 Å². The zero-order valence-corrected chi connectivity index (χ0v) is 18.5. The highest BCUT2D eigenvalue weighted by molar-refractivity contribution is 7.99. The number of carbonyl (C=O) groups excluding carboxylic acids is 2. The van der Waals surface area contributed by atoms with Crippen LogP contribution in [0.2, 0.25) is 10.0 Å². The van der Waals surface area contributed by atoms with Crippen molar-refractivity contribution >= 4 is 58.2 Å². The van der Waals surface area contributed by atoms with Gasteiger partial charge in [-0.15, -0.1) is 10.2 Å². The first-order valence-corrected chi connectivity index (χ1v) is 11.1. The fourth-order valence-electron chi connectivity index (χ4n) is 3.14. The molecule has 0 aliphatic carbocycles. The molecular formula is C20H18Cl2N6O2S. The van der Waals surface area contributed by atoms with Gasteiger partial charge in [-0.05, 0) is 36.4 Å². The molecule has 3 aromatic rings. The van der Waals surface area contributed by atoms with Gasteiger partial charge in [0.1, 0.15) is 6.33 Å². The minimum absolute atomic E-state index is 0.0395. The predicted octanol–water partition coefficient (Wildman–Crippen LogP) is 3.24. The molecule has 0 radical (unpaired) electrons. The maximum absolute atomic E-state index is 12.4. The van der Waals surface area contributed by atoms with E-state index in [1.807, 2.05) is 17.0 Å². The first-order valence-electron chi connectivity index (χ1n) is 9.39. The van der Waals surface area contributed by atoms with Gasteiger partial charge in [-0.2, -0.15) is 0 Å². The largest absolute Gasteiger partial charge is 0.359 e. The van der Waals surface area contributed by atoms with Crippen molar-refractivity contribution in [3.63, 3.8) is 0 Å². The monoisotopic (exact) mass is 476 g/mol. The molecule has 1 saturated heterocycles. The van der Waals surface area contributed by atoms with Crippen molar-refractivity contribution in [3.05, 3.63) is 58.8 Å². The van der Waals surface area contributed by atoms with Crippen LogP contribution in [0.4, 0.5) is 11.4 Å². The van der Waals surface area contributed by atoms with E-state index in [2.05, 4.69) is 20.8 Å². The Labute approximate surface area is 192 Å². The van der Waals surface area contributed by atoms with E-state index in [1.165, 1.54) is 11.8 Å². The molecule has 8 nitrogen and oxygen atoms in total. The van der Waals surface area contributed by atoms with E-state index in [-0.39, 0.29) is 24.1 Å². The van der Waals surface area contributed by atoms with E-state index in [9.17, 15) is 9.59 Å². The second kappa shape index (κ2) is 9.59. The molecule has 1 fully saturated rings. The Bertz CT molecular complexity index is 1120. The van der Waals surface area contributed by atoms with E-state index in [4.69, 9.17) is 23.2 Å². The predicted molar refractivity (Wildman–Crippen MR) is 122 cm³/mol. The lowest BCUT2D eigenvalue weighted by Gasteiger charge is -2.29. The summed E-state index contributed by atoms with van der Waals surface area (Å²) >= 11 is 13.7. The number of piperazine rings is 1. The number of halogens is 2. The Kier molecular flexibility index (Phi) is 6.64. The summed E-state index contributed by atoms with van der Waals surface area (Å²) < 4.78 is 1.77. The van der Waals surface area contributed by atoms with Crippen LogP contribution in [0.1, 0.15) is 0 Å². The number of amides is 2. The number of rotatable bonds is 6. The SMILES string of the molecule is O=C1CN(c2ccc(NC(=O)CSc3nncn3-c3cccc(Cl)c3)cc2Cl)CCN1. The average molecular weight is 477 g/mol. The number of hydrogen-bond donors (Lipinski definition) is 2. The van der Waals surface area contributed by atoms with E-state index in [0.717, 1.165) is 11.4 Å². The maximum Gasteiger partial charge on any atom is 0.239 e. The molecule has 2 heterocycles. The number of anilines is 2. The van der Waals surface area contributed by atoms with Gasteiger partial charge in [-0.3, -0.25) is 14.2 Å². The van der Waals surface area contributed by atoms with Crippen LogP contribution in [-0.4, -0.2) is 52.0 Å². The minimum atomic E-state index is -0.202. The zero-order valence-electron chi connectivity index (χ0n) is 16.2. The van der Waals surface area contributed by atoms with Gasteiger partial charge in [0.05, 0.1) is 28.7 Å². The number of hydrogen-bond acceptors (Lipinski definition) is 6. The summed E-state index contributed by atoms with van der Waals surface area (Å²) in [5, 5.41) is 15.3. The molecule has 11 heteroatoms. The van der Waals surface area contributed by atoms with Crippen molar-refractivity contribution in [1.29, 1.82) is 0 Å². The highest BCUT2D eigenvalue weighted by Crippen LogP contribution is 2.29. The summed E-state index contributed by atoms with van der Waals surface area (Å²) in [6.45, 7) is 1.52. The van der Waals surface area contributed by atoms with Crippen LogP contribution in [0.3, 0.4) is 0 Å². The summed E-state index contributed by atoms with van der Waals surface area (Å²) in [6.07, 6.45) is 1.57. The summed E-state index contributed by atoms with van der Waals surface area (Å²) in [7, 11) is 0. The molecular weight excluding hydrogens is 459 g/mol. The Morgan fingerprint density at radius 2 is 2.10 bits per heavy atom. The molecule has 1 aromatic heterocycles. The summed E-state index contributed by atoms with van der Waals surface area (Å²) in [5.41, 5.74) is 2.16. The fraction of sp³-hybridized carbons (Fsp3) is 0.200. The van der Waals surface area contributed by atoms with Crippen LogP contribution in [0.5, 0.6) is 0 Å². The average Bonchev–Trinajstić information content (AvgIpc) is 3.21. The van der Waals surface area contributed by atoms with Gasteiger partial charge < -0.3 is 15.5 Å². The molecule has 31 heavy (non-hydrogen) atoms. The summed E-state index contributed by atoms with van der Waals surface area (Å²) in [5.74, 6) is -0.0977. The van der Waals surface area contributed by atoms with E-state index in [1.54, 1.807) is 41.2 Å². The molecule has 2 N–H and O–H groups in total. The van der Waals surface area contributed by atoms with Crippen LogP contribution in [0.25, 0.3) is 5.69 Å². The van der Waals surface area contributed by atoms with Crippen LogP contribution >= 0.6 is 35.0 Å². The van der Waals surface area contributed by atoms with Gasteiger partial charge in [-0.1, -0.05) is 41.0 Å². The van der Waals surface area contributed by atoms with Gasteiger partial charge in [0.2, 0.25) is 11.8 Å². The molecule has 4 rings (SSSR count). The fourth-order valence-corrected chi connectivity index (χ4v) is 4.35. The van der Waals surface area contributed by atoms with Gasteiger partial charge in [-0.25, -0.2) is 0 Å². The third-order valence-corrected chi connectivity index (χ3v) is 6.03. The van der Waals surface area contributed by atoms with Crippen molar-refractivity contribution in [1.82, 2.24) is 20.1 Å². The van der Waals surface area contributed by atoms with Gasteiger partial charge in [0.15, 0.2) is 5.16 Å². The van der Waals surface area contributed by atoms with E-state index >= 15 is 0 Å². The maximum atomic E-state index is 12.4. The quantitative estimate of drug-likeness (QED) is 0.530. The molecule has 0 atom stereocenters. The summed E-state index contributed by atoms with van der Waals surface area (Å²) in [6, 6.07) is 12.6. The van der Waals surface area contributed by atoms with Crippen LogP contribution < -0.4 is 15.5 Å². The van der Waals surface area contributed by atoms with Crippen molar-refractivity contribution in [3.8, 4) is 5.69 Å². The molecule has 2 amide bonds. The third kappa shape index (κ3) is 5.30. The van der Waals surface area contributed by atoms with Crippen molar-refractivity contribution in [2.24, 2.45) is 0 Å². The normalized spacial score (nSPS) is 13.7. The number of nitrogens with one attached hydrogen (secondary N) is 2. The molecule has 2 aromatic carbocycles. The second-order valence-corrected chi connectivity index (χ2v) is 8.52. The molecule has 0 saturated carbocycles. The van der Waals surface area contributed by atoms with Crippen molar-refractivity contribution < 1.29 is 9.59 Å². The second-order valence-electron chi connectivity index (χ2n) is 6.74. The minimum Gasteiger partial charge on any atom is -0.359 e. The Morgan fingerprint density at radius 1 is 1.23 bits per heavy atom. The van der Waals surface area contributed by atoms with E-state index in [0.29, 0.717) is 34.0 Å². The summed E-state index contributed by atoms with van der Waals surface area (Å²) in [4.78, 5) is 25.9. The molecule has 0 unspecified atom stereocenters. The Balaban J connectivity index is 1.37. The zero-order chi connectivity index (χ0) is 21.8. The van der Waals surface area contributed by atoms with Crippen molar-refractivity contribution in [2.75, 3.05) is 35.6 Å². The number of nitrogens with zero attached hydrogens (tertiary/aromatic N) is 4. The lowest BCUT2D eigenvalue weighted by Crippen LogP contribution is -2.47. The number of thioether (sulfide) groups is 1. The van der Waals surface area contributed by atoms with Crippen LogP contribution in [0.15, 0.2) is 53.9 Å². The molecule has 160 valence electrons. The first-order chi connectivity index (χ1) is 15.0. The number of carbonyl (C=O) groups is 2. The standard InChI is InChI=1S/C20H18Cl2N6O2S/c21-13-2-1-3-15(8-13)28-12-24-26-20(28)31-11-19(30)25-14-4-5-17(16(22)9-14)27-7-6-23-18(29)10-27/h1-5,8-9,12H,6-7,10-11H2,(H,23,29)(H,25,30). The molecule has 1 aliphatic heterocycles. The number of benzene rings is 2. The highest BCUT2D eigenvalue weighted by atomic mass is 35.5. The smallest absolute Gasteiger partial charge is 0.239 e. The Hall–Kier alpha value is -2.75. The van der Waals surface area contributed by atoms with E-state index < -0.39 is 0 Å². The highest BCUT2D eigenvalue weighted by Gasteiger charge is 2.19. The third-order valence-electron chi connectivity index (χ3n) is 4.55. The van der Waals surface area contributed by atoms with Gasteiger partial charge in [0, 0.05) is 23.8 Å². The van der Waals surface area contributed by atoms with Gasteiger partial charge >= 0.3 is 0 Å². The van der Waals surface area contributed by atoms with Crippen molar-refractivity contribution in [2.45, 2.75) is 5.16 Å². The molecule has 0 bridgehead atoms. The van der Waals surface area contributed by atoms with Crippen LogP contribution in [0, 0.1) is 0 Å². The first kappa shape index (κ1) is 21.5. The topological polar surface area (TPSA) is 92.2 Å². The number of aromatic nitrogens is 3. The van der Waals surface area contributed by atoms with Gasteiger partial charge in [0.25, 0.3) is 0 Å². The molecule has 1 aliphatic rings.